The lowest BCUT2D eigenvalue weighted by Crippen LogP contribution is -2.24. The van der Waals surface area contributed by atoms with Crippen LogP contribution in [-0.4, -0.2) is 20.9 Å². The Bertz CT molecular complexity index is 646. The van der Waals surface area contributed by atoms with Crippen molar-refractivity contribution in [3.05, 3.63) is 52.4 Å². The van der Waals surface area contributed by atoms with Crippen molar-refractivity contribution in [1.82, 2.24) is 20.3 Å². The second-order valence-electron chi connectivity index (χ2n) is 4.84. The number of nitrogens with two attached hydrogens (primary N) is 1. The van der Waals surface area contributed by atoms with E-state index in [0.29, 0.717) is 24.3 Å². The van der Waals surface area contributed by atoms with E-state index in [1.807, 2.05) is 20.8 Å². The molecule has 0 aliphatic rings. The van der Waals surface area contributed by atoms with E-state index in [1.54, 1.807) is 18.3 Å². The number of aryl methyl sites for hydroxylation is 3. The topological polar surface area (TPSA) is 93.8 Å². The summed E-state index contributed by atoms with van der Waals surface area (Å²) in [5.74, 6) is 0.577. The lowest BCUT2D eigenvalue weighted by molar-refractivity contribution is 0.0950. The monoisotopic (exact) mass is 285 g/mol. The minimum atomic E-state index is -0.161. The van der Waals surface area contributed by atoms with E-state index < -0.39 is 0 Å². The molecule has 6 heteroatoms. The summed E-state index contributed by atoms with van der Waals surface area (Å²) in [6.45, 7) is 6.40. The molecular weight excluding hydrogens is 266 g/mol. The Kier molecular flexibility index (Phi) is 4.59. The summed E-state index contributed by atoms with van der Waals surface area (Å²) >= 11 is 0. The van der Waals surface area contributed by atoms with Gasteiger partial charge in [0.05, 0.1) is 5.69 Å². The molecule has 0 spiro atoms. The van der Waals surface area contributed by atoms with E-state index in [0.717, 1.165) is 22.8 Å². The molecule has 0 saturated heterocycles. The molecule has 2 heterocycles. The number of pyridine rings is 1. The Hall–Kier alpha value is -2.34. The normalized spacial score (nSPS) is 10.5. The van der Waals surface area contributed by atoms with Crippen LogP contribution in [0.15, 0.2) is 18.3 Å². The van der Waals surface area contributed by atoms with E-state index in [-0.39, 0.29) is 5.91 Å². The predicted octanol–water partition coefficient (Wildman–Crippen LogP) is 1.19. The van der Waals surface area contributed by atoms with Gasteiger partial charge in [0, 0.05) is 41.8 Å². The first-order chi connectivity index (χ1) is 10.0. The van der Waals surface area contributed by atoms with Crippen molar-refractivity contribution in [2.24, 2.45) is 5.73 Å². The number of aromatic nitrogens is 3. The molecule has 0 radical (unpaired) electrons. The summed E-state index contributed by atoms with van der Waals surface area (Å²) in [5.41, 5.74) is 9.49. The van der Waals surface area contributed by atoms with E-state index in [9.17, 15) is 4.79 Å². The highest BCUT2D eigenvalue weighted by atomic mass is 16.1. The minimum absolute atomic E-state index is 0.161. The van der Waals surface area contributed by atoms with Gasteiger partial charge >= 0.3 is 0 Å². The van der Waals surface area contributed by atoms with Crippen LogP contribution in [0.25, 0.3) is 0 Å². The van der Waals surface area contributed by atoms with Gasteiger partial charge in [0.2, 0.25) is 0 Å². The van der Waals surface area contributed by atoms with Gasteiger partial charge in [0.25, 0.3) is 5.91 Å². The van der Waals surface area contributed by atoms with Gasteiger partial charge in [-0.05, 0) is 32.9 Å². The number of carbonyl (C=O) groups is 1. The molecule has 6 nitrogen and oxygen atoms in total. The van der Waals surface area contributed by atoms with Crippen LogP contribution in [0.5, 0.6) is 0 Å². The average molecular weight is 285 g/mol. The van der Waals surface area contributed by atoms with Crippen LogP contribution >= 0.6 is 0 Å². The number of nitrogens with zero attached hydrogens (tertiary/aromatic N) is 3. The number of amides is 1. The van der Waals surface area contributed by atoms with Crippen molar-refractivity contribution in [2.75, 3.05) is 0 Å². The first kappa shape index (κ1) is 15.1. The Morgan fingerprint density at radius 1 is 1.24 bits per heavy atom. The van der Waals surface area contributed by atoms with Crippen LogP contribution in [0.2, 0.25) is 0 Å². The van der Waals surface area contributed by atoms with Gasteiger partial charge in [-0.15, -0.1) is 0 Å². The predicted molar refractivity (Wildman–Crippen MR) is 79.5 cm³/mol. The van der Waals surface area contributed by atoms with E-state index in [2.05, 4.69) is 20.3 Å². The SMILES string of the molecule is Cc1nc(C)c(CNC(=O)c2ccnc(CN)c2)c(C)n1. The smallest absolute Gasteiger partial charge is 0.251 e. The Labute approximate surface area is 123 Å². The highest BCUT2D eigenvalue weighted by Gasteiger charge is 2.10. The average Bonchev–Trinajstić information content (AvgIpc) is 2.46. The fourth-order valence-electron chi connectivity index (χ4n) is 2.16. The molecule has 0 bridgehead atoms. The molecule has 0 fully saturated rings. The summed E-state index contributed by atoms with van der Waals surface area (Å²) in [6.07, 6.45) is 1.59. The summed E-state index contributed by atoms with van der Waals surface area (Å²) in [5, 5.41) is 2.88. The number of hydrogen-bond acceptors (Lipinski definition) is 5. The fourth-order valence-corrected chi connectivity index (χ4v) is 2.16. The second kappa shape index (κ2) is 6.41. The van der Waals surface area contributed by atoms with Crippen LogP contribution in [0.4, 0.5) is 0 Å². The van der Waals surface area contributed by atoms with Crippen molar-refractivity contribution in [2.45, 2.75) is 33.9 Å². The van der Waals surface area contributed by atoms with Gasteiger partial charge in [-0.1, -0.05) is 0 Å². The molecule has 0 aromatic carbocycles. The van der Waals surface area contributed by atoms with E-state index in [4.69, 9.17) is 5.73 Å². The van der Waals surface area contributed by atoms with Crippen molar-refractivity contribution in [1.29, 1.82) is 0 Å². The van der Waals surface area contributed by atoms with Gasteiger partial charge in [-0.25, -0.2) is 9.97 Å². The molecule has 0 unspecified atom stereocenters. The highest BCUT2D eigenvalue weighted by Crippen LogP contribution is 2.10. The summed E-state index contributed by atoms with van der Waals surface area (Å²) in [7, 11) is 0. The van der Waals surface area contributed by atoms with Crippen LogP contribution in [-0.2, 0) is 13.1 Å². The third-order valence-corrected chi connectivity index (χ3v) is 3.25. The van der Waals surface area contributed by atoms with Crippen LogP contribution in [0.3, 0.4) is 0 Å². The van der Waals surface area contributed by atoms with E-state index in [1.165, 1.54) is 0 Å². The molecular formula is C15H19N5O. The molecule has 2 aromatic rings. The Balaban J connectivity index is 2.11. The zero-order chi connectivity index (χ0) is 15.4. The third kappa shape index (κ3) is 3.61. The van der Waals surface area contributed by atoms with Gasteiger partial charge in [-0.2, -0.15) is 0 Å². The van der Waals surface area contributed by atoms with Crippen molar-refractivity contribution in [3.8, 4) is 0 Å². The maximum absolute atomic E-state index is 12.2. The zero-order valence-corrected chi connectivity index (χ0v) is 12.5. The first-order valence-corrected chi connectivity index (χ1v) is 6.75. The summed E-state index contributed by atoms with van der Waals surface area (Å²) < 4.78 is 0. The van der Waals surface area contributed by atoms with Gasteiger partial charge < -0.3 is 11.1 Å². The minimum Gasteiger partial charge on any atom is -0.348 e. The largest absolute Gasteiger partial charge is 0.348 e. The molecule has 21 heavy (non-hydrogen) atoms. The molecule has 0 saturated carbocycles. The van der Waals surface area contributed by atoms with Crippen molar-refractivity contribution < 1.29 is 4.79 Å². The highest BCUT2D eigenvalue weighted by molar-refractivity contribution is 5.94. The second-order valence-corrected chi connectivity index (χ2v) is 4.84. The molecule has 0 aliphatic heterocycles. The lowest BCUT2D eigenvalue weighted by atomic mass is 10.1. The Morgan fingerprint density at radius 2 is 1.90 bits per heavy atom. The first-order valence-electron chi connectivity index (χ1n) is 6.75. The van der Waals surface area contributed by atoms with Crippen molar-refractivity contribution >= 4 is 5.91 Å². The fraction of sp³-hybridized carbons (Fsp3) is 0.333. The molecule has 2 aromatic heterocycles. The zero-order valence-electron chi connectivity index (χ0n) is 12.5. The molecule has 1 amide bonds. The maximum atomic E-state index is 12.2. The molecule has 3 N–H and O–H groups in total. The van der Waals surface area contributed by atoms with Gasteiger partial charge in [0.15, 0.2) is 0 Å². The number of rotatable bonds is 4. The molecule has 0 atom stereocenters. The van der Waals surface area contributed by atoms with Crippen LogP contribution in [0.1, 0.15) is 38.8 Å². The summed E-state index contributed by atoms with van der Waals surface area (Å²) in [6, 6.07) is 3.36. The van der Waals surface area contributed by atoms with Crippen LogP contribution in [0, 0.1) is 20.8 Å². The lowest BCUT2D eigenvalue weighted by Gasteiger charge is -2.11. The number of hydrogen-bond donors (Lipinski definition) is 2. The van der Waals surface area contributed by atoms with Crippen molar-refractivity contribution in [3.63, 3.8) is 0 Å². The maximum Gasteiger partial charge on any atom is 0.251 e. The molecule has 0 aliphatic carbocycles. The number of carbonyl (C=O) groups excluding carboxylic acids is 1. The molecule has 110 valence electrons. The van der Waals surface area contributed by atoms with E-state index >= 15 is 0 Å². The Morgan fingerprint density at radius 3 is 2.52 bits per heavy atom. The molecule has 2 rings (SSSR count). The standard InChI is InChI=1S/C15H19N5O/c1-9-14(10(2)20-11(3)19-9)8-18-15(21)12-4-5-17-13(6-12)7-16/h4-6H,7-8,16H2,1-3H3,(H,18,21). The number of nitrogens with one attached hydrogen (secondary N) is 1. The summed E-state index contributed by atoms with van der Waals surface area (Å²) in [4.78, 5) is 24.9. The van der Waals surface area contributed by atoms with Gasteiger partial charge in [-0.3, -0.25) is 9.78 Å². The third-order valence-electron chi connectivity index (χ3n) is 3.25. The van der Waals surface area contributed by atoms with Gasteiger partial charge in [0.1, 0.15) is 5.82 Å². The van der Waals surface area contributed by atoms with Crippen LogP contribution < -0.4 is 11.1 Å². The quantitative estimate of drug-likeness (QED) is 0.880.